The maximum Gasteiger partial charge on any atom is 0.246 e. The van der Waals surface area contributed by atoms with Crippen molar-refractivity contribution in [2.45, 2.75) is 13.5 Å². The maximum absolute atomic E-state index is 5.59. The lowest BCUT2D eigenvalue weighted by Gasteiger charge is -2.10. The van der Waals surface area contributed by atoms with E-state index in [0.717, 1.165) is 17.0 Å². The fourth-order valence-electron chi connectivity index (χ4n) is 2.48. The standard InChI is InChI=1S/C19H21N3O4/c1-4-25-16-8-6-5-7-15(16)20-12-18-21-19(22-26-18)14-10-9-13(23-2)11-17(14)24-3/h5-11,20H,4,12H2,1-3H3. The Morgan fingerprint density at radius 2 is 1.88 bits per heavy atom. The molecule has 7 heteroatoms. The highest BCUT2D eigenvalue weighted by Crippen LogP contribution is 2.31. The zero-order chi connectivity index (χ0) is 18.4. The van der Waals surface area contributed by atoms with Gasteiger partial charge in [-0.1, -0.05) is 17.3 Å². The Morgan fingerprint density at radius 3 is 2.65 bits per heavy atom. The highest BCUT2D eigenvalue weighted by molar-refractivity contribution is 5.65. The van der Waals surface area contributed by atoms with Crippen molar-refractivity contribution in [3.05, 3.63) is 48.4 Å². The Hall–Kier alpha value is -3.22. The molecule has 0 saturated heterocycles. The minimum atomic E-state index is 0.384. The van der Waals surface area contributed by atoms with Gasteiger partial charge < -0.3 is 24.1 Å². The molecule has 136 valence electrons. The van der Waals surface area contributed by atoms with Crippen LogP contribution >= 0.6 is 0 Å². The number of methoxy groups -OCH3 is 2. The molecule has 3 aromatic rings. The van der Waals surface area contributed by atoms with Crippen LogP contribution in [0.3, 0.4) is 0 Å². The first kappa shape index (κ1) is 17.6. The smallest absolute Gasteiger partial charge is 0.246 e. The van der Waals surface area contributed by atoms with E-state index in [4.69, 9.17) is 18.7 Å². The first-order valence-corrected chi connectivity index (χ1v) is 8.25. The zero-order valence-corrected chi connectivity index (χ0v) is 15.0. The number of ether oxygens (including phenoxy) is 3. The van der Waals surface area contributed by atoms with Crippen molar-refractivity contribution in [1.29, 1.82) is 0 Å². The van der Waals surface area contributed by atoms with Crippen LogP contribution in [0.2, 0.25) is 0 Å². The van der Waals surface area contributed by atoms with Gasteiger partial charge in [-0.25, -0.2) is 0 Å². The number of nitrogens with one attached hydrogen (secondary N) is 1. The molecule has 1 aromatic heterocycles. The molecular weight excluding hydrogens is 334 g/mol. The molecule has 0 aliphatic rings. The van der Waals surface area contributed by atoms with Crippen molar-refractivity contribution in [3.63, 3.8) is 0 Å². The van der Waals surface area contributed by atoms with Gasteiger partial charge in [0.15, 0.2) is 0 Å². The predicted octanol–water partition coefficient (Wildman–Crippen LogP) is 3.76. The average molecular weight is 355 g/mol. The lowest BCUT2D eigenvalue weighted by molar-refractivity contribution is 0.341. The number of rotatable bonds is 8. The second kappa shape index (κ2) is 8.24. The van der Waals surface area contributed by atoms with Gasteiger partial charge in [0, 0.05) is 6.07 Å². The minimum Gasteiger partial charge on any atom is -0.497 e. The van der Waals surface area contributed by atoms with E-state index in [2.05, 4.69) is 15.5 Å². The number of hydrogen-bond donors (Lipinski definition) is 1. The van der Waals surface area contributed by atoms with E-state index in [0.29, 0.717) is 36.4 Å². The number of hydrogen-bond acceptors (Lipinski definition) is 7. The number of aromatic nitrogens is 2. The van der Waals surface area contributed by atoms with E-state index in [1.165, 1.54) is 0 Å². The van der Waals surface area contributed by atoms with Gasteiger partial charge in [0.05, 0.1) is 38.6 Å². The van der Waals surface area contributed by atoms with Crippen LogP contribution < -0.4 is 19.5 Å². The van der Waals surface area contributed by atoms with Gasteiger partial charge in [-0.2, -0.15) is 4.98 Å². The number of para-hydroxylation sites is 2. The molecule has 0 fully saturated rings. The molecule has 1 N–H and O–H groups in total. The normalized spacial score (nSPS) is 10.4. The number of anilines is 1. The molecule has 0 spiro atoms. The fourth-order valence-corrected chi connectivity index (χ4v) is 2.48. The summed E-state index contributed by atoms with van der Waals surface area (Å²) in [5.41, 5.74) is 1.61. The zero-order valence-electron chi connectivity index (χ0n) is 15.0. The predicted molar refractivity (Wildman–Crippen MR) is 97.8 cm³/mol. The van der Waals surface area contributed by atoms with Gasteiger partial charge in [0.25, 0.3) is 0 Å². The van der Waals surface area contributed by atoms with E-state index < -0.39 is 0 Å². The number of nitrogens with zero attached hydrogens (tertiary/aromatic N) is 2. The van der Waals surface area contributed by atoms with Crippen LogP contribution in [0.1, 0.15) is 12.8 Å². The largest absolute Gasteiger partial charge is 0.497 e. The molecule has 2 aromatic carbocycles. The molecule has 0 amide bonds. The summed E-state index contributed by atoms with van der Waals surface area (Å²) in [6, 6.07) is 13.2. The van der Waals surface area contributed by atoms with Crippen molar-refractivity contribution in [2.75, 3.05) is 26.1 Å². The van der Waals surface area contributed by atoms with Gasteiger partial charge in [0.2, 0.25) is 11.7 Å². The summed E-state index contributed by atoms with van der Waals surface area (Å²) >= 11 is 0. The second-order valence-corrected chi connectivity index (χ2v) is 5.36. The summed E-state index contributed by atoms with van der Waals surface area (Å²) in [5.74, 6) is 3.02. The van der Waals surface area contributed by atoms with Crippen LogP contribution in [-0.4, -0.2) is 31.0 Å². The van der Waals surface area contributed by atoms with Crippen LogP contribution in [0.15, 0.2) is 47.0 Å². The molecule has 7 nitrogen and oxygen atoms in total. The second-order valence-electron chi connectivity index (χ2n) is 5.36. The summed E-state index contributed by atoms with van der Waals surface area (Å²) in [4.78, 5) is 4.43. The van der Waals surface area contributed by atoms with Crippen molar-refractivity contribution < 1.29 is 18.7 Å². The molecule has 0 atom stereocenters. The molecule has 0 bridgehead atoms. The molecule has 0 aliphatic carbocycles. The van der Waals surface area contributed by atoms with Crippen molar-refractivity contribution >= 4 is 5.69 Å². The van der Waals surface area contributed by atoms with Gasteiger partial charge in [-0.3, -0.25) is 0 Å². The summed E-state index contributed by atoms with van der Waals surface area (Å²) in [5, 5.41) is 7.30. The lowest BCUT2D eigenvalue weighted by Crippen LogP contribution is -2.03. The quantitative estimate of drug-likeness (QED) is 0.659. The molecule has 0 aliphatic heterocycles. The van der Waals surface area contributed by atoms with Crippen LogP contribution in [0, 0.1) is 0 Å². The molecule has 0 unspecified atom stereocenters. The molecule has 0 saturated carbocycles. The SMILES string of the molecule is CCOc1ccccc1NCc1nc(-c2ccc(OC)cc2OC)no1. The van der Waals surface area contributed by atoms with E-state index in [1.807, 2.05) is 43.3 Å². The lowest BCUT2D eigenvalue weighted by atomic mass is 10.2. The molecule has 1 heterocycles. The third-order valence-electron chi connectivity index (χ3n) is 3.73. The van der Waals surface area contributed by atoms with E-state index in [9.17, 15) is 0 Å². The Balaban J connectivity index is 1.75. The fraction of sp³-hybridized carbons (Fsp3) is 0.263. The summed E-state index contributed by atoms with van der Waals surface area (Å²) in [6.45, 7) is 2.93. The van der Waals surface area contributed by atoms with E-state index in [-0.39, 0.29) is 0 Å². The van der Waals surface area contributed by atoms with Crippen LogP contribution in [0.4, 0.5) is 5.69 Å². The average Bonchev–Trinajstić information content (AvgIpc) is 3.15. The highest BCUT2D eigenvalue weighted by atomic mass is 16.5. The Morgan fingerprint density at radius 1 is 1.04 bits per heavy atom. The summed E-state index contributed by atoms with van der Waals surface area (Å²) < 4.78 is 21.5. The molecule has 3 rings (SSSR count). The summed E-state index contributed by atoms with van der Waals surface area (Å²) in [7, 11) is 3.19. The number of benzene rings is 2. The minimum absolute atomic E-state index is 0.384. The summed E-state index contributed by atoms with van der Waals surface area (Å²) in [6.07, 6.45) is 0. The van der Waals surface area contributed by atoms with Crippen molar-refractivity contribution in [2.24, 2.45) is 0 Å². The van der Waals surface area contributed by atoms with E-state index in [1.54, 1.807) is 20.3 Å². The highest BCUT2D eigenvalue weighted by Gasteiger charge is 2.14. The van der Waals surface area contributed by atoms with Crippen LogP contribution in [0.25, 0.3) is 11.4 Å². The van der Waals surface area contributed by atoms with E-state index >= 15 is 0 Å². The Bertz CT molecular complexity index is 863. The van der Waals surface area contributed by atoms with Crippen molar-refractivity contribution in [1.82, 2.24) is 10.1 Å². The van der Waals surface area contributed by atoms with Gasteiger partial charge >= 0.3 is 0 Å². The topological polar surface area (TPSA) is 78.6 Å². The van der Waals surface area contributed by atoms with Gasteiger partial charge in [-0.15, -0.1) is 0 Å². The third-order valence-corrected chi connectivity index (χ3v) is 3.73. The first-order chi connectivity index (χ1) is 12.7. The molecule has 26 heavy (non-hydrogen) atoms. The van der Waals surface area contributed by atoms with Gasteiger partial charge in [0.1, 0.15) is 17.2 Å². The maximum atomic E-state index is 5.59. The molecule has 0 radical (unpaired) electrons. The van der Waals surface area contributed by atoms with Crippen LogP contribution in [-0.2, 0) is 6.54 Å². The third kappa shape index (κ3) is 3.88. The van der Waals surface area contributed by atoms with Crippen LogP contribution in [0.5, 0.6) is 17.2 Å². The molecular formula is C19H21N3O4. The Kier molecular flexibility index (Phi) is 5.58. The Labute approximate surface area is 151 Å². The van der Waals surface area contributed by atoms with Gasteiger partial charge in [-0.05, 0) is 31.2 Å². The first-order valence-electron chi connectivity index (χ1n) is 8.25. The van der Waals surface area contributed by atoms with Crippen molar-refractivity contribution in [3.8, 4) is 28.6 Å². The monoisotopic (exact) mass is 355 g/mol.